The second-order valence-electron chi connectivity index (χ2n) is 3.81. The van der Waals surface area contributed by atoms with Crippen LogP contribution in [0.5, 0.6) is 5.75 Å². The minimum atomic E-state index is -3.72. The average Bonchev–Trinajstić information content (AvgIpc) is 2.73. The van der Waals surface area contributed by atoms with Gasteiger partial charge in [-0.25, -0.2) is 13.1 Å². The number of phenolic OH excluding ortho intramolecular Hbond substituents is 1. The van der Waals surface area contributed by atoms with Crippen molar-refractivity contribution >= 4 is 10.0 Å². The number of hydrogen-bond acceptors (Lipinski definition) is 4. The number of aryl methyl sites for hydroxylation is 1. The quantitative estimate of drug-likeness (QED) is 0.849. The second kappa shape index (κ2) is 4.79. The van der Waals surface area contributed by atoms with E-state index in [1.807, 2.05) is 0 Å². The molecule has 2 N–H and O–H groups in total. The number of sulfonamides is 1. The first kappa shape index (κ1) is 12.6. The van der Waals surface area contributed by atoms with Crippen molar-refractivity contribution in [3.63, 3.8) is 0 Å². The van der Waals surface area contributed by atoms with Gasteiger partial charge in [0.05, 0.1) is 6.20 Å². The van der Waals surface area contributed by atoms with Gasteiger partial charge in [0.1, 0.15) is 10.6 Å². The first-order valence-electron chi connectivity index (χ1n) is 5.24. The van der Waals surface area contributed by atoms with Gasteiger partial charge in [0, 0.05) is 25.4 Å². The molecule has 2 rings (SSSR count). The maximum atomic E-state index is 11.9. The third-order valence-electron chi connectivity index (χ3n) is 2.38. The molecule has 2 aromatic rings. The highest BCUT2D eigenvalue weighted by atomic mass is 32.2. The first-order valence-corrected chi connectivity index (χ1v) is 6.72. The molecule has 0 bridgehead atoms. The number of aromatic nitrogens is 2. The maximum absolute atomic E-state index is 11.9. The van der Waals surface area contributed by atoms with Crippen molar-refractivity contribution in [2.75, 3.05) is 0 Å². The molecular weight excluding hydrogens is 254 g/mol. The van der Waals surface area contributed by atoms with Crippen LogP contribution >= 0.6 is 0 Å². The molecule has 18 heavy (non-hydrogen) atoms. The topological polar surface area (TPSA) is 84.2 Å². The average molecular weight is 267 g/mol. The van der Waals surface area contributed by atoms with E-state index in [1.54, 1.807) is 36.3 Å². The zero-order valence-electron chi connectivity index (χ0n) is 9.74. The second-order valence-corrected chi connectivity index (χ2v) is 5.55. The standard InChI is InChI=1S/C11H13N3O3S/c1-14-8-9(6-12-14)7-13-18(16,17)11-5-3-2-4-10(11)15/h2-6,8,13,15H,7H2,1H3. The Morgan fingerprint density at radius 2 is 2.11 bits per heavy atom. The van der Waals surface area contributed by atoms with E-state index in [2.05, 4.69) is 9.82 Å². The lowest BCUT2D eigenvalue weighted by molar-refractivity contribution is 0.458. The van der Waals surface area contributed by atoms with Gasteiger partial charge in [-0.2, -0.15) is 5.10 Å². The van der Waals surface area contributed by atoms with Crippen LogP contribution in [0.1, 0.15) is 5.56 Å². The van der Waals surface area contributed by atoms with Crippen LogP contribution in [-0.2, 0) is 23.6 Å². The zero-order chi connectivity index (χ0) is 13.2. The summed E-state index contributed by atoms with van der Waals surface area (Å²) < 4.78 is 27.9. The lowest BCUT2D eigenvalue weighted by Gasteiger charge is -2.06. The largest absolute Gasteiger partial charge is 0.507 e. The highest BCUT2D eigenvalue weighted by Gasteiger charge is 2.17. The summed E-state index contributed by atoms with van der Waals surface area (Å²) in [7, 11) is -1.97. The molecule has 0 unspecified atom stereocenters. The summed E-state index contributed by atoms with van der Waals surface area (Å²) in [6, 6.07) is 5.80. The predicted molar refractivity (Wildman–Crippen MR) is 65.3 cm³/mol. The molecular formula is C11H13N3O3S. The Bertz CT molecular complexity index is 649. The number of phenols is 1. The summed E-state index contributed by atoms with van der Waals surface area (Å²) in [6.45, 7) is 0.129. The molecule has 0 amide bonds. The van der Waals surface area contributed by atoms with Gasteiger partial charge in [0.25, 0.3) is 0 Å². The van der Waals surface area contributed by atoms with Crippen LogP contribution in [0.2, 0.25) is 0 Å². The molecule has 0 aliphatic heterocycles. The Kier molecular flexibility index (Phi) is 3.35. The molecule has 0 saturated carbocycles. The van der Waals surface area contributed by atoms with Crippen LogP contribution < -0.4 is 4.72 Å². The Balaban J connectivity index is 2.16. The van der Waals surface area contributed by atoms with Crippen LogP contribution in [-0.4, -0.2) is 23.3 Å². The van der Waals surface area contributed by atoms with Gasteiger partial charge in [-0.05, 0) is 12.1 Å². The molecule has 0 radical (unpaired) electrons. The number of benzene rings is 1. The van der Waals surface area contributed by atoms with E-state index in [9.17, 15) is 13.5 Å². The van der Waals surface area contributed by atoms with Crippen molar-refractivity contribution in [1.29, 1.82) is 0 Å². The summed E-state index contributed by atoms with van der Waals surface area (Å²) in [5.74, 6) is -0.267. The summed E-state index contributed by atoms with van der Waals surface area (Å²) in [6.07, 6.45) is 3.29. The van der Waals surface area contributed by atoms with E-state index in [0.29, 0.717) is 0 Å². The van der Waals surface area contributed by atoms with Crippen LogP contribution in [0.25, 0.3) is 0 Å². The monoisotopic (exact) mass is 267 g/mol. The highest BCUT2D eigenvalue weighted by Crippen LogP contribution is 2.21. The van der Waals surface area contributed by atoms with Crippen molar-refractivity contribution in [2.24, 2.45) is 7.05 Å². The molecule has 7 heteroatoms. The van der Waals surface area contributed by atoms with Gasteiger partial charge in [-0.3, -0.25) is 4.68 Å². The van der Waals surface area contributed by atoms with E-state index in [-0.39, 0.29) is 17.2 Å². The molecule has 0 aliphatic carbocycles. The normalized spacial score (nSPS) is 11.6. The molecule has 6 nitrogen and oxygen atoms in total. The summed E-state index contributed by atoms with van der Waals surface area (Å²) >= 11 is 0. The van der Waals surface area contributed by atoms with Gasteiger partial charge in [0.2, 0.25) is 10.0 Å². The molecule has 1 aromatic carbocycles. The maximum Gasteiger partial charge on any atom is 0.244 e. The number of rotatable bonds is 4. The molecule has 1 aromatic heterocycles. The van der Waals surface area contributed by atoms with Gasteiger partial charge in [-0.15, -0.1) is 0 Å². The number of hydrogen-bond donors (Lipinski definition) is 2. The van der Waals surface area contributed by atoms with Crippen LogP contribution in [0.4, 0.5) is 0 Å². The Morgan fingerprint density at radius 1 is 1.39 bits per heavy atom. The summed E-state index contributed by atoms with van der Waals surface area (Å²) in [4.78, 5) is -0.131. The molecule has 0 saturated heterocycles. The zero-order valence-corrected chi connectivity index (χ0v) is 10.6. The molecule has 0 aliphatic rings. The molecule has 96 valence electrons. The molecule has 0 fully saturated rings. The number of aromatic hydroxyl groups is 1. The van der Waals surface area contributed by atoms with Gasteiger partial charge >= 0.3 is 0 Å². The van der Waals surface area contributed by atoms with Crippen molar-refractivity contribution in [3.05, 3.63) is 42.2 Å². The van der Waals surface area contributed by atoms with Gasteiger partial charge in [0.15, 0.2) is 0 Å². The third kappa shape index (κ3) is 2.69. The fourth-order valence-corrected chi connectivity index (χ4v) is 2.62. The molecule has 0 spiro atoms. The van der Waals surface area contributed by atoms with E-state index < -0.39 is 10.0 Å². The van der Waals surface area contributed by atoms with Crippen molar-refractivity contribution in [3.8, 4) is 5.75 Å². The minimum absolute atomic E-state index is 0.129. The lowest BCUT2D eigenvalue weighted by atomic mass is 10.3. The van der Waals surface area contributed by atoms with E-state index in [0.717, 1.165) is 5.56 Å². The first-order chi connectivity index (χ1) is 8.49. The molecule has 1 heterocycles. The Hall–Kier alpha value is -1.86. The number of para-hydroxylation sites is 1. The van der Waals surface area contributed by atoms with Crippen LogP contribution in [0.3, 0.4) is 0 Å². The van der Waals surface area contributed by atoms with Crippen molar-refractivity contribution < 1.29 is 13.5 Å². The smallest absolute Gasteiger partial charge is 0.244 e. The fourth-order valence-electron chi connectivity index (χ4n) is 1.50. The number of nitrogens with one attached hydrogen (secondary N) is 1. The Morgan fingerprint density at radius 3 is 2.72 bits per heavy atom. The van der Waals surface area contributed by atoms with E-state index in [1.165, 1.54) is 12.1 Å². The predicted octanol–water partition coefficient (Wildman–Crippen LogP) is 0.604. The van der Waals surface area contributed by atoms with E-state index >= 15 is 0 Å². The summed E-state index contributed by atoms with van der Waals surface area (Å²) in [5, 5.41) is 13.5. The van der Waals surface area contributed by atoms with Crippen LogP contribution in [0, 0.1) is 0 Å². The molecule has 0 atom stereocenters. The van der Waals surface area contributed by atoms with Crippen molar-refractivity contribution in [2.45, 2.75) is 11.4 Å². The SMILES string of the molecule is Cn1cc(CNS(=O)(=O)c2ccccc2O)cn1. The van der Waals surface area contributed by atoms with Gasteiger partial charge < -0.3 is 5.11 Å². The fraction of sp³-hybridized carbons (Fsp3) is 0.182. The minimum Gasteiger partial charge on any atom is -0.507 e. The van der Waals surface area contributed by atoms with E-state index in [4.69, 9.17) is 0 Å². The van der Waals surface area contributed by atoms with Crippen LogP contribution in [0.15, 0.2) is 41.6 Å². The highest BCUT2D eigenvalue weighted by molar-refractivity contribution is 7.89. The Labute approximate surface area is 105 Å². The van der Waals surface area contributed by atoms with Crippen molar-refractivity contribution in [1.82, 2.24) is 14.5 Å². The third-order valence-corrected chi connectivity index (χ3v) is 3.83. The summed E-state index contributed by atoms with van der Waals surface area (Å²) in [5.41, 5.74) is 0.747. The number of nitrogens with zero attached hydrogens (tertiary/aromatic N) is 2. The lowest BCUT2D eigenvalue weighted by Crippen LogP contribution is -2.23. The van der Waals surface area contributed by atoms with Gasteiger partial charge in [-0.1, -0.05) is 12.1 Å².